The van der Waals surface area contributed by atoms with E-state index in [1.807, 2.05) is 30.3 Å². The Morgan fingerprint density at radius 2 is 1.62 bits per heavy atom. The fraction of sp³-hybridized carbons (Fsp3) is 0.440. The molecule has 0 saturated heterocycles. The number of hydrogen-bond acceptors (Lipinski definition) is 4. The number of hydrogen-bond donors (Lipinski definition) is 0. The molecule has 1 atom stereocenters. The molecule has 1 aliphatic carbocycles. The quantitative estimate of drug-likeness (QED) is 0.469. The van der Waals surface area contributed by atoms with Crippen LogP contribution in [-0.4, -0.2) is 25.5 Å². The van der Waals surface area contributed by atoms with Crippen LogP contribution >= 0.6 is 0 Å². The maximum atomic E-state index is 13.3. The van der Waals surface area contributed by atoms with Crippen molar-refractivity contribution in [3.05, 3.63) is 65.7 Å². The van der Waals surface area contributed by atoms with Crippen molar-refractivity contribution in [2.75, 3.05) is 13.7 Å². The van der Waals surface area contributed by atoms with Gasteiger partial charge in [0.05, 0.1) is 13.7 Å². The normalized spacial score (nSPS) is 19.9. The van der Waals surface area contributed by atoms with E-state index in [4.69, 9.17) is 9.47 Å². The average molecular weight is 395 g/mol. The number of Topliss-reactive ketones (excluding diaryl/α,β-unsaturated/α-hetero) is 1. The lowest BCUT2D eigenvalue weighted by molar-refractivity contribution is -0.152. The number of ketones is 1. The summed E-state index contributed by atoms with van der Waals surface area (Å²) in [6.45, 7) is 2.04. The highest BCUT2D eigenvalue weighted by Crippen LogP contribution is 2.37. The van der Waals surface area contributed by atoms with Crippen LogP contribution in [-0.2, 0) is 20.7 Å². The van der Waals surface area contributed by atoms with Crippen molar-refractivity contribution in [2.45, 2.75) is 44.9 Å². The summed E-state index contributed by atoms with van der Waals surface area (Å²) >= 11 is 0. The summed E-state index contributed by atoms with van der Waals surface area (Å²) in [5.74, 6) is -0.0732. The second-order valence-corrected chi connectivity index (χ2v) is 7.68. The Balaban J connectivity index is 1.71. The minimum atomic E-state index is -0.774. The van der Waals surface area contributed by atoms with Gasteiger partial charge >= 0.3 is 5.97 Å². The summed E-state index contributed by atoms with van der Waals surface area (Å²) in [6.07, 6.45) is 3.91. The zero-order valence-electron chi connectivity index (χ0n) is 17.3. The van der Waals surface area contributed by atoms with Crippen LogP contribution in [0.15, 0.2) is 54.6 Å². The lowest BCUT2D eigenvalue weighted by Crippen LogP contribution is -2.34. The van der Waals surface area contributed by atoms with Crippen LogP contribution in [0.4, 0.5) is 0 Å². The first kappa shape index (κ1) is 21.1. The van der Waals surface area contributed by atoms with Gasteiger partial charge in [-0.3, -0.25) is 9.59 Å². The third-order valence-corrected chi connectivity index (χ3v) is 5.93. The van der Waals surface area contributed by atoms with E-state index in [2.05, 4.69) is 24.3 Å². The smallest absolute Gasteiger partial charge is 0.316 e. The van der Waals surface area contributed by atoms with E-state index in [9.17, 15) is 9.59 Å². The summed E-state index contributed by atoms with van der Waals surface area (Å²) < 4.78 is 10.7. The van der Waals surface area contributed by atoms with Crippen LogP contribution in [0.1, 0.15) is 49.7 Å². The highest BCUT2D eigenvalue weighted by atomic mass is 16.5. The van der Waals surface area contributed by atoms with Crippen molar-refractivity contribution >= 4 is 11.8 Å². The van der Waals surface area contributed by atoms with Gasteiger partial charge in [-0.1, -0.05) is 48.5 Å². The van der Waals surface area contributed by atoms with Gasteiger partial charge in [-0.15, -0.1) is 0 Å². The standard InChI is InChI=1S/C25H30O4/c1-3-29-25(27)22(17-21-11-7-8-12-23(21)28-2)24(26)20-15-13-19(14-16-20)18-9-5-4-6-10-18/h4-12,19-20,22H,3,13-17H2,1-2H3/t19-,20-,22?. The van der Waals surface area contributed by atoms with Gasteiger partial charge < -0.3 is 9.47 Å². The molecule has 0 spiro atoms. The Kier molecular flexibility index (Phi) is 7.45. The number of carbonyl (C=O) groups is 2. The SMILES string of the molecule is CCOC(=O)C(Cc1ccccc1OC)C(=O)[C@H]1CC[C@H](c2ccccc2)CC1. The Hall–Kier alpha value is -2.62. The van der Waals surface area contributed by atoms with Crippen molar-refractivity contribution in [3.63, 3.8) is 0 Å². The minimum absolute atomic E-state index is 0.0147. The second-order valence-electron chi connectivity index (χ2n) is 7.68. The summed E-state index contributed by atoms with van der Waals surface area (Å²) in [4.78, 5) is 26.0. The van der Waals surface area contributed by atoms with Crippen molar-refractivity contribution in [2.24, 2.45) is 11.8 Å². The number of benzene rings is 2. The Morgan fingerprint density at radius 3 is 2.28 bits per heavy atom. The van der Waals surface area contributed by atoms with Crippen LogP contribution in [0.2, 0.25) is 0 Å². The van der Waals surface area contributed by atoms with E-state index >= 15 is 0 Å². The molecule has 0 aliphatic heterocycles. The molecule has 4 nitrogen and oxygen atoms in total. The van der Waals surface area contributed by atoms with Crippen LogP contribution in [0, 0.1) is 11.8 Å². The highest BCUT2D eigenvalue weighted by Gasteiger charge is 2.36. The van der Waals surface area contributed by atoms with Crippen LogP contribution in [0.5, 0.6) is 5.75 Å². The fourth-order valence-electron chi connectivity index (χ4n) is 4.36. The van der Waals surface area contributed by atoms with Crippen LogP contribution < -0.4 is 4.74 Å². The topological polar surface area (TPSA) is 52.6 Å². The molecule has 29 heavy (non-hydrogen) atoms. The largest absolute Gasteiger partial charge is 0.496 e. The minimum Gasteiger partial charge on any atom is -0.496 e. The maximum Gasteiger partial charge on any atom is 0.316 e. The van der Waals surface area contributed by atoms with Gasteiger partial charge in [0.1, 0.15) is 11.7 Å². The third-order valence-electron chi connectivity index (χ3n) is 5.93. The highest BCUT2D eigenvalue weighted by molar-refractivity contribution is 6.00. The second kappa shape index (κ2) is 10.2. The molecule has 3 rings (SSSR count). The predicted molar refractivity (Wildman–Crippen MR) is 113 cm³/mol. The lowest BCUT2D eigenvalue weighted by Gasteiger charge is -2.30. The van der Waals surface area contributed by atoms with Gasteiger partial charge in [-0.25, -0.2) is 0 Å². The molecular formula is C25H30O4. The predicted octanol–water partition coefficient (Wildman–Crippen LogP) is 4.96. The molecule has 4 heteroatoms. The summed E-state index contributed by atoms with van der Waals surface area (Å²) in [6, 6.07) is 18.0. The van der Waals surface area contributed by atoms with Gasteiger partial charge in [0, 0.05) is 5.92 Å². The molecule has 154 valence electrons. The maximum absolute atomic E-state index is 13.3. The van der Waals surface area contributed by atoms with Gasteiger partial charge in [-0.2, -0.15) is 0 Å². The number of methoxy groups -OCH3 is 1. The molecule has 2 aromatic carbocycles. The van der Waals surface area contributed by atoms with Crippen molar-refractivity contribution in [1.82, 2.24) is 0 Å². The lowest BCUT2D eigenvalue weighted by atomic mass is 9.74. The number of esters is 1. The van der Waals surface area contributed by atoms with E-state index < -0.39 is 11.9 Å². The molecule has 0 heterocycles. The van der Waals surface area contributed by atoms with Crippen molar-refractivity contribution < 1.29 is 19.1 Å². The molecule has 1 unspecified atom stereocenters. The molecule has 1 saturated carbocycles. The Labute approximate surface area is 173 Å². The first-order chi connectivity index (χ1) is 14.1. The summed E-state index contributed by atoms with van der Waals surface area (Å²) in [5.41, 5.74) is 2.20. The number of para-hydroxylation sites is 1. The fourth-order valence-corrected chi connectivity index (χ4v) is 4.36. The molecular weight excluding hydrogens is 364 g/mol. The first-order valence-corrected chi connectivity index (χ1v) is 10.5. The molecule has 1 aliphatic rings. The Morgan fingerprint density at radius 1 is 0.966 bits per heavy atom. The van der Waals surface area contributed by atoms with E-state index in [1.165, 1.54) is 5.56 Å². The van der Waals surface area contributed by atoms with Crippen molar-refractivity contribution in [1.29, 1.82) is 0 Å². The molecule has 0 bridgehead atoms. The van der Waals surface area contributed by atoms with Crippen LogP contribution in [0.25, 0.3) is 0 Å². The molecule has 1 fully saturated rings. The van der Waals surface area contributed by atoms with Gasteiger partial charge in [-0.05, 0) is 62.1 Å². The molecule has 0 aromatic heterocycles. The molecule has 0 amide bonds. The average Bonchev–Trinajstić information content (AvgIpc) is 2.78. The number of ether oxygens (including phenoxy) is 2. The van der Waals surface area contributed by atoms with Crippen molar-refractivity contribution in [3.8, 4) is 5.75 Å². The third kappa shape index (κ3) is 5.26. The zero-order valence-corrected chi connectivity index (χ0v) is 17.3. The van der Waals surface area contributed by atoms with Crippen LogP contribution in [0.3, 0.4) is 0 Å². The van der Waals surface area contributed by atoms with E-state index in [1.54, 1.807) is 14.0 Å². The molecule has 0 radical (unpaired) electrons. The van der Waals surface area contributed by atoms with E-state index in [0.29, 0.717) is 18.1 Å². The van der Waals surface area contributed by atoms with E-state index in [-0.39, 0.29) is 18.3 Å². The Bertz CT molecular complexity index is 807. The van der Waals surface area contributed by atoms with Gasteiger partial charge in [0.2, 0.25) is 0 Å². The first-order valence-electron chi connectivity index (χ1n) is 10.5. The van der Waals surface area contributed by atoms with Gasteiger partial charge in [0.25, 0.3) is 0 Å². The zero-order chi connectivity index (χ0) is 20.6. The molecule has 0 N–H and O–H groups in total. The van der Waals surface area contributed by atoms with E-state index in [0.717, 1.165) is 31.2 Å². The molecule has 2 aromatic rings. The van der Waals surface area contributed by atoms with Gasteiger partial charge in [0.15, 0.2) is 5.78 Å². The number of carbonyl (C=O) groups excluding carboxylic acids is 2. The summed E-state index contributed by atoms with van der Waals surface area (Å²) in [7, 11) is 1.60. The monoisotopic (exact) mass is 394 g/mol. The number of rotatable bonds is 8. The summed E-state index contributed by atoms with van der Waals surface area (Å²) in [5, 5.41) is 0.